The zero-order valence-corrected chi connectivity index (χ0v) is 12.9. The first-order valence-corrected chi connectivity index (χ1v) is 7.46. The molecule has 0 fully saturated rings. The van der Waals surface area contributed by atoms with Crippen molar-refractivity contribution in [1.29, 1.82) is 0 Å². The van der Waals surface area contributed by atoms with Gasteiger partial charge in [-0.1, -0.05) is 0 Å². The number of nitrogens with two attached hydrogens (primary N) is 1. The molecule has 1 unspecified atom stereocenters. The summed E-state index contributed by atoms with van der Waals surface area (Å²) in [7, 11) is 0. The Hall–Kier alpha value is -1.12. The largest absolute Gasteiger partial charge is 0.484 e. The molecule has 0 amide bonds. The zero-order chi connectivity index (χ0) is 15.6. The zero-order valence-electron chi connectivity index (χ0n) is 10.5. The second-order valence-electron chi connectivity index (χ2n) is 4.15. The van der Waals surface area contributed by atoms with E-state index in [1.54, 1.807) is 6.07 Å². The van der Waals surface area contributed by atoms with E-state index in [1.165, 1.54) is 11.3 Å². The maximum atomic E-state index is 13.2. The standard InChI is InChI=1S/C13H10BrF4NOS/c14-7-3-12(21-6-7)11(5-19)20-8-1-2-10(15)9(4-8)13(16,17)18/h1-4,6,11H,5,19H2. The summed E-state index contributed by atoms with van der Waals surface area (Å²) in [6, 6.07) is 4.29. The Morgan fingerprint density at radius 2 is 2.00 bits per heavy atom. The van der Waals surface area contributed by atoms with Crippen LogP contribution in [0.3, 0.4) is 0 Å². The molecule has 1 aromatic heterocycles. The van der Waals surface area contributed by atoms with Crippen molar-refractivity contribution in [2.45, 2.75) is 12.3 Å². The highest BCUT2D eigenvalue weighted by Gasteiger charge is 2.34. The summed E-state index contributed by atoms with van der Waals surface area (Å²) >= 11 is 4.64. The fourth-order valence-corrected chi connectivity index (χ4v) is 3.17. The fourth-order valence-electron chi connectivity index (χ4n) is 1.68. The number of halogens is 5. The molecule has 0 radical (unpaired) electrons. The molecule has 21 heavy (non-hydrogen) atoms. The number of hydrogen-bond donors (Lipinski definition) is 1. The van der Waals surface area contributed by atoms with Gasteiger partial charge in [-0.15, -0.1) is 11.3 Å². The van der Waals surface area contributed by atoms with Crippen molar-refractivity contribution in [3.05, 3.63) is 50.4 Å². The van der Waals surface area contributed by atoms with E-state index in [0.717, 1.165) is 21.5 Å². The molecule has 1 aromatic carbocycles. The number of alkyl halides is 3. The minimum Gasteiger partial charge on any atom is -0.484 e. The molecule has 2 aromatic rings. The molecular weight excluding hydrogens is 374 g/mol. The summed E-state index contributed by atoms with van der Waals surface area (Å²) in [5, 5.41) is 1.81. The van der Waals surface area contributed by atoms with Crippen LogP contribution in [0.4, 0.5) is 17.6 Å². The SMILES string of the molecule is NCC(Oc1ccc(F)c(C(F)(F)F)c1)c1cc(Br)cs1. The van der Waals surface area contributed by atoms with E-state index in [1.807, 2.05) is 5.38 Å². The third kappa shape index (κ3) is 3.96. The number of benzene rings is 1. The number of rotatable bonds is 4. The molecule has 2 rings (SSSR count). The highest BCUT2D eigenvalue weighted by atomic mass is 79.9. The van der Waals surface area contributed by atoms with Crippen LogP contribution in [0.15, 0.2) is 34.1 Å². The van der Waals surface area contributed by atoms with Crippen molar-refractivity contribution in [1.82, 2.24) is 0 Å². The Morgan fingerprint density at radius 1 is 1.29 bits per heavy atom. The fraction of sp³-hybridized carbons (Fsp3) is 0.231. The summed E-state index contributed by atoms with van der Waals surface area (Å²) in [6.07, 6.45) is -5.36. The summed E-state index contributed by atoms with van der Waals surface area (Å²) < 4.78 is 57.4. The molecule has 0 bridgehead atoms. The quantitative estimate of drug-likeness (QED) is 0.773. The number of thiophene rings is 1. The van der Waals surface area contributed by atoms with Gasteiger partial charge in [0.25, 0.3) is 0 Å². The van der Waals surface area contributed by atoms with Gasteiger partial charge in [-0.2, -0.15) is 13.2 Å². The first-order chi connectivity index (χ1) is 9.81. The van der Waals surface area contributed by atoms with Crippen molar-refractivity contribution >= 4 is 27.3 Å². The highest BCUT2D eigenvalue weighted by molar-refractivity contribution is 9.10. The lowest BCUT2D eigenvalue weighted by Crippen LogP contribution is -2.18. The third-order valence-electron chi connectivity index (χ3n) is 2.64. The van der Waals surface area contributed by atoms with Crippen molar-refractivity contribution < 1.29 is 22.3 Å². The average Bonchev–Trinajstić information content (AvgIpc) is 2.83. The van der Waals surface area contributed by atoms with Crippen molar-refractivity contribution in [3.8, 4) is 5.75 Å². The van der Waals surface area contributed by atoms with Gasteiger partial charge in [0.2, 0.25) is 0 Å². The van der Waals surface area contributed by atoms with Crippen LogP contribution < -0.4 is 10.5 Å². The second-order valence-corrected chi connectivity index (χ2v) is 6.01. The summed E-state index contributed by atoms with van der Waals surface area (Å²) in [5.74, 6) is -1.42. The molecule has 114 valence electrons. The molecule has 0 aliphatic rings. The summed E-state index contributed by atoms with van der Waals surface area (Å²) in [5.41, 5.74) is 4.23. The maximum absolute atomic E-state index is 13.2. The van der Waals surface area contributed by atoms with Crippen molar-refractivity contribution in [2.75, 3.05) is 6.54 Å². The molecule has 0 spiro atoms. The van der Waals surface area contributed by atoms with Crippen LogP contribution >= 0.6 is 27.3 Å². The lowest BCUT2D eigenvalue weighted by Gasteiger charge is -2.17. The highest BCUT2D eigenvalue weighted by Crippen LogP contribution is 2.35. The van der Waals surface area contributed by atoms with Gasteiger partial charge in [0.15, 0.2) is 0 Å². The Labute approximate surface area is 130 Å². The summed E-state index contributed by atoms with van der Waals surface area (Å²) in [6.45, 7) is 0.0890. The van der Waals surface area contributed by atoms with Gasteiger partial charge in [-0.3, -0.25) is 0 Å². The van der Waals surface area contributed by atoms with Gasteiger partial charge in [0.1, 0.15) is 17.7 Å². The number of hydrogen-bond acceptors (Lipinski definition) is 3. The van der Waals surface area contributed by atoms with E-state index in [4.69, 9.17) is 10.5 Å². The molecule has 2 N–H and O–H groups in total. The Kier molecular flexibility index (Phi) is 4.90. The van der Waals surface area contributed by atoms with Crippen molar-refractivity contribution in [3.63, 3.8) is 0 Å². The average molecular weight is 384 g/mol. The molecule has 0 aliphatic carbocycles. The smallest absolute Gasteiger partial charge is 0.419 e. The second kappa shape index (κ2) is 6.33. The molecule has 8 heteroatoms. The van der Waals surface area contributed by atoms with E-state index in [2.05, 4.69) is 15.9 Å². The predicted molar refractivity (Wildman–Crippen MR) is 75.8 cm³/mol. The van der Waals surface area contributed by atoms with Gasteiger partial charge >= 0.3 is 6.18 Å². The Balaban J connectivity index is 2.26. The molecule has 0 aliphatic heterocycles. The lowest BCUT2D eigenvalue weighted by atomic mass is 10.2. The lowest BCUT2D eigenvalue weighted by molar-refractivity contribution is -0.140. The van der Waals surface area contributed by atoms with Gasteiger partial charge in [-0.05, 0) is 40.2 Å². The molecular formula is C13H10BrF4NOS. The van der Waals surface area contributed by atoms with E-state index in [-0.39, 0.29) is 12.3 Å². The van der Waals surface area contributed by atoms with Gasteiger partial charge in [0.05, 0.1) is 5.56 Å². The van der Waals surface area contributed by atoms with Crippen LogP contribution in [0.2, 0.25) is 0 Å². The van der Waals surface area contributed by atoms with Crippen LogP contribution in [0.5, 0.6) is 5.75 Å². The monoisotopic (exact) mass is 383 g/mol. The maximum Gasteiger partial charge on any atom is 0.419 e. The normalized spacial score (nSPS) is 13.2. The molecule has 0 saturated heterocycles. The van der Waals surface area contributed by atoms with Crippen LogP contribution in [0.25, 0.3) is 0 Å². The van der Waals surface area contributed by atoms with Crippen LogP contribution in [0, 0.1) is 5.82 Å². The van der Waals surface area contributed by atoms with Crippen LogP contribution in [0.1, 0.15) is 16.5 Å². The van der Waals surface area contributed by atoms with E-state index < -0.39 is 23.7 Å². The molecule has 1 atom stereocenters. The number of ether oxygens (including phenoxy) is 1. The predicted octanol–water partition coefficient (Wildman–Crippen LogP) is 4.75. The molecule has 0 saturated carbocycles. The van der Waals surface area contributed by atoms with Gasteiger partial charge in [0, 0.05) is 21.3 Å². The summed E-state index contributed by atoms with van der Waals surface area (Å²) in [4.78, 5) is 0.766. The minimum atomic E-state index is -4.77. The topological polar surface area (TPSA) is 35.2 Å². The minimum absolute atomic E-state index is 0.0799. The van der Waals surface area contributed by atoms with Gasteiger partial charge in [-0.25, -0.2) is 4.39 Å². The Bertz CT molecular complexity index is 629. The molecule has 2 nitrogen and oxygen atoms in total. The van der Waals surface area contributed by atoms with E-state index >= 15 is 0 Å². The van der Waals surface area contributed by atoms with Crippen LogP contribution in [-0.2, 0) is 6.18 Å². The van der Waals surface area contributed by atoms with Crippen molar-refractivity contribution in [2.24, 2.45) is 5.73 Å². The first kappa shape index (κ1) is 16.3. The molecule has 1 heterocycles. The van der Waals surface area contributed by atoms with Gasteiger partial charge < -0.3 is 10.5 Å². The Morgan fingerprint density at radius 3 is 2.52 bits per heavy atom. The van der Waals surface area contributed by atoms with Crippen LogP contribution in [-0.4, -0.2) is 6.54 Å². The van der Waals surface area contributed by atoms with E-state index in [0.29, 0.717) is 6.07 Å². The van der Waals surface area contributed by atoms with E-state index in [9.17, 15) is 17.6 Å². The first-order valence-electron chi connectivity index (χ1n) is 5.78. The third-order valence-corrected chi connectivity index (χ3v) is 4.43.